The molecule has 1 aromatic rings. The van der Waals surface area contributed by atoms with Crippen LogP contribution in [-0.4, -0.2) is 5.91 Å². The second-order valence-corrected chi connectivity index (χ2v) is 5.43. The molecule has 2 rings (SSSR count). The molecule has 17 heavy (non-hydrogen) atoms. The molecule has 0 aromatic heterocycles. The molecule has 1 unspecified atom stereocenters. The first-order valence-electron chi connectivity index (χ1n) is 5.68. The SMILES string of the molecule is CC#CCCCC1(Br)C(=O)Nc2ccccc21. The normalized spacial score (nSPS) is 21.4. The fourth-order valence-electron chi connectivity index (χ4n) is 2.07. The number of unbranched alkanes of at least 4 members (excludes halogenated alkanes) is 1. The van der Waals surface area contributed by atoms with Crippen LogP contribution < -0.4 is 5.32 Å². The van der Waals surface area contributed by atoms with E-state index in [4.69, 9.17) is 0 Å². The van der Waals surface area contributed by atoms with E-state index < -0.39 is 4.32 Å². The van der Waals surface area contributed by atoms with Crippen LogP contribution in [0.15, 0.2) is 24.3 Å². The van der Waals surface area contributed by atoms with Crippen molar-refractivity contribution in [2.45, 2.75) is 30.5 Å². The lowest BCUT2D eigenvalue weighted by Gasteiger charge is -2.19. The molecule has 1 amide bonds. The zero-order valence-electron chi connectivity index (χ0n) is 9.72. The van der Waals surface area contributed by atoms with Gasteiger partial charge in [-0.2, -0.15) is 0 Å². The molecule has 1 atom stereocenters. The number of hydrogen-bond donors (Lipinski definition) is 1. The lowest BCUT2D eigenvalue weighted by Crippen LogP contribution is -2.27. The van der Waals surface area contributed by atoms with E-state index in [1.54, 1.807) is 0 Å². The third-order valence-electron chi connectivity index (χ3n) is 2.96. The van der Waals surface area contributed by atoms with Crippen molar-refractivity contribution >= 4 is 27.5 Å². The van der Waals surface area contributed by atoms with Gasteiger partial charge in [0.15, 0.2) is 0 Å². The summed E-state index contributed by atoms with van der Waals surface area (Å²) in [7, 11) is 0. The number of nitrogens with one attached hydrogen (secondary N) is 1. The summed E-state index contributed by atoms with van der Waals surface area (Å²) in [5, 5.41) is 2.91. The Morgan fingerprint density at radius 2 is 2.18 bits per heavy atom. The maximum atomic E-state index is 12.0. The second-order valence-electron chi connectivity index (χ2n) is 4.08. The van der Waals surface area contributed by atoms with E-state index in [0.29, 0.717) is 0 Å². The largest absolute Gasteiger partial charge is 0.324 e. The van der Waals surface area contributed by atoms with E-state index >= 15 is 0 Å². The van der Waals surface area contributed by atoms with Crippen LogP contribution in [0.5, 0.6) is 0 Å². The topological polar surface area (TPSA) is 29.1 Å². The molecule has 0 saturated heterocycles. The molecule has 3 heteroatoms. The molecular formula is C14H14BrNO. The van der Waals surface area contributed by atoms with Crippen LogP contribution in [0.2, 0.25) is 0 Å². The Bertz CT molecular complexity index is 500. The summed E-state index contributed by atoms with van der Waals surface area (Å²) in [5.41, 5.74) is 1.95. The highest BCUT2D eigenvalue weighted by Crippen LogP contribution is 2.45. The summed E-state index contributed by atoms with van der Waals surface area (Å²) >= 11 is 3.60. The van der Waals surface area contributed by atoms with Gasteiger partial charge in [-0.1, -0.05) is 34.1 Å². The quantitative estimate of drug-likeness (QED) is 0.516. The van der Waals surface area contributed by atoms with E-state index in [1.807, 2.05) is 31.2 Å². The number of fused-ring (bicyclic) bond motifs is 1. The van der Waals surface area contributed by atoms with Crippen molar-refractivity contribution < 1.29 is 4.79 Å². The van der Waals surface area contributed by atoms with Gasteiger partial charge >= 0.3 is 0 Å². The van der Waals surface area contributed by atoms with Crippen LogP contribution in [-0.2, 0) is 9.12 Å². The Labute approximate surface area is 110 Å². The molecular weight excluding hydrogens is 278 g/mol. The van der Waals surface area contributed by atoms with Crippen molar-refractivity contribution in [2.24, 2.45) is 0 Å². The van der Waals surface area contributed by atoms with Crippen molar-refractivity contribution in [3.63, 3.8) is 0 Å². The third kappa shape index (κ3) is 2.23. The Morgan fingerprint density at radius 3 is 2.94 bits per heavy atom. The highest BCUT2D eigenvalue weighted by Gasteiger charge is 2.43. The maximum absolute atomic E-state index is 12.0. The summed E-state index contributed by atoms with van der Waals surface area (Å²) < 4.78 is -0.570. The summed E-state index contributed by atoms with van der Waals surface area (Å²) in [6.45, 7) is 1.83. The van der Waals surface area contributed by atoms with Gasteiger partial charge in [0, 0.05) is 17.7 Å². The smallest absolute Gasteiger partial charge is 0.245 e. The van der Waals surface area contributed by atoms with E-state index in [0.717, 1.165) is 30.5 Å². The van der Waals surface area contributed by atoms with Crippen molar-refractivity contribution in [2.75, 3.05) is 5.32 Å². The first-order valence-corrected chi connectivity index (χ1v) is 6.47. The van der Waals surface area contributed by atoms with Crippen LogP contribution in [0.1, 0.15) is 31.7 Å². The number of anilines is 1. The highest BCUT2D eigenvalue weighted by molar-refractivity contribution is 9.10. The van der Waals surface area contributed by atoms with Gasteiger partial charge in [0.05, 0.1) is 0 Å². The molecule has 0 bridgehead atoms. The minimum absolute atomic E-state index is 0.0307. The molecule has 0 aliphatic carbocycles. The number of amides is 1. The molecule has 1 aliphatic rings. The number of alkyl halides is 1. The maximum Gasteiger partial charge on any atom is 0.245 e. The minimum Gasteiger partial charge on any atom is -0.324 e. The van der Waals surface area contributed by atoms with E-state index in [1.165, 1.54) is 0 Å². The standard InChI is InChI=1S/C14H14BrNO/c1-2-3-4-7-10-14(15)11-8-5-6-9-12(11)16-13(14)17/h5-6,8-9H,4,7,10H2,1H3,(H,16,17). The van der Waals surface area contributed by atoms with Crippen LogP contribution in [0.4, 0.5) is 5.69 Å². The average Bonchev–Trinajstić information content (AvgIpc) is 2.59. The molecule has 88 valence electrons. The summed E-state index contributed by atoms with van der Waals surface area (Å²) in [6, 6.07) is 7.82. The van der Waals surface area contributed by atoms with Gasteiger partial charge in [0.25, 0.3) is 0 Å². The molecule has 0 fully saturated rings. The minimum atomic E-state index is -0.570. The molecule has 0 spiro atoms. The summed E-state index contributed by atoms with van der Waals surface area (Å²) in [6.07, 6.45) is 2.51. The van der Waals surface area contributed by atoms with E-state index in [2.05, 4.69) is 33.1 Å². The van der Waals surface area contributed by atoms with Crippen LogP contribution in [0.25, 0.3) is 0 Å². The number of para-hydroxylation sites is 1. The van der Waals surface area contributed by atoms with Gasteiger partial charge in [0.1, 0.15) is 4.32 Å². The van der Waals surface area contributed by atoms with Crippen molar-refractivity contribution in [3.05, 3.63) is 29.8 Å². The van der Waals surface area contributed by atoms with Crippen LogP contribution in [0, 0.1) is 11.8 Å². The molecule has 1 heterocycles. The van der Waals surface area contributed by atoms with Gasteiger partial charge in [-0.15, -0.1) is 11.8 Å². The van der Waals surface area contributed by atoms with Gasteiger partial charge in [-0.3, -0.25) is 4.79 Å². The third-order valence-corrected chi connectivity index (χ3v) is 4.15. The summed E-state index contributed by atoms with van der Waals surface area (Å²) in [5.74, 6) is 5.93. The molecule has 0 saturated carbocycles. The zero-order valence-corrected chi connectivity index (χ0v) is 11.3. The second kappa shape index (κ2) is 4.93. The first-order chi connectivity index (χ1) is 8.18. The van der Waals surface area contributed by atoms with Gasteiger partial charge in [-0.05, 0) is 25.8 Å². The molecule has 1 aliphatic heterocycles. The number of benzene rings is 1. The van der Waals surface area contributed by atoms with E-state index in [-0.39, 0.29) is 5.91 Å². The first kappa shape index (κ1) is 12.2. The predicted octanol–water partition coefficient (Wildman–Crippen LogP) is 3.42. The Balaban J connectivity index is 2.18. The molecule has 0 radical (unpaired) electrons. The highest BCUT2D eigenvalue weighted by atomic mass is 79.9. The fraction of sp³-hybridized carbons (Fsp3) is 0.357. The lowest BCUT2D eigenvalue weighted by molar-refractivity contribution is -0.118. The summed E-state index contributed by atoms with van der Waals surface area (Å²) in [4.78, 5) is 12.0. The predicted molar refractivity (Wildman–Crippen MR) is 73.0 cm³/mol. The van der Waals surface area contributed by atoms with Crippen LogP contribution in [0.3, 0.4) is 0 Å². The van der Waals surface area contributed by atoms with E-state index in [9.17, 15) is 4.79 Å². The van der Waals surface area contributed by atoms with Gasteiger partial charge < -0.3 is 5.32 Å². The molecule has 2 nitrogen and oxygen atoms in total. The average molecular weight is 292 g/mol. The van der Waals surface area contributed by atoms with Crippen molar-refractivity contribution in [1.82, 2.24) is 0 Å². The number of hydrogen-bond acceptors (Lipinski definition) is 1. The van der Waals surface area contributed by atoms with Gasteiger partial charge in [0.2, 0.25) is 5.91 Å². The zero-order chi connectivity index (χ0) is 12.3. The Hall–Kier alpha value is -1.27. The number of rotatable bonds is 3. The molecule has 1 N–H and O–H groups in total. The lowest BCUT2D eigenvalue weighted by atomic mass is 9.94. The monoisotopic (exact) mass is 291 g/mol. The number of halogens is 1. The van der Waals surface area contributed by atoms with Crippen molar-refractivity contribution in [1.29, 1.82) is 0 Å². The Morgan fingerprint density at radius 1 is 1.41 bits per heavy atom. The van der Waals surface area contributed by atoms with Crippen molar-refractivity contribution in [3.8, 4) is 11.8 Å². The van der Waals surface area contributed by atoms with Crippen LogP contribution >= 0.6 is 15.9 Å². The number of carbonyl (C=O) groups excluding carboxylic acids is 1. The van der Waals surface area contributed by atoms with Gasteiger partial charge in [-0.25, -0.2) is 0 Å². The fourth-order valence-corrected chi connectivity index (χ4v) is 2.80. The number of carbonyl (C=O) groups is 1. The molecule has 1 aromatic carbocycles. The Kier molecular flexibility index (Phi) is 3.54.